The van der Waals surface area contributed by atoms with Crippen LogP contribution in [0.2, 0.25) is 0 Å². The van der Waals surface area contributed by atoms with Gasteiger partial charge >= 0.3 is 0 Å². The Hall–Kier alpha value is -2.99. The van der Waals surface area contributed by atoms with E-state index >= 15 is 0 Å². The molecule has 1 aromatic heterocycles. The Morgan fingerprint density at radius 1 is 0.917 bits per heavy atom. The van der Waals surface area contributed by atoms with Crippen LogP contribution in [0.5, 0.6) is 11.5 Å². The van der Waals surface area contributed by atoms with E-state index in [-0.39, 0.29) is 0 Å². The van der Waals surface area contributed by atoms with Crippen molar-refractivity contribution >= 4 is 10.9 Å². The minimum atomic E-state index is 0.413. The second-order valence-electron chi connectivity index (χ2n) is 5.29. The lowest BCUT2D eigenvalue weighted by atomic mass is 10.2. The van der Waals surface area contributed by atoms with E-state index in [0.717, 1.165) is 34.4 Å². The smallest absolute Gasteiger partial charge is 0.149 e. The van der Waals surface area contributed by atoms with Crippen molar-refractivity contribution < 1.29 is 9.47 Å². The van der Waals surface area contributed by atoms with Gasteiger partial charge in [0.1, 0.15) is 24.7 Å². The van der Waals surface area contributed by atoms with Crippen molar-refractivity contribution in [3.05, 3.63) is 66.4 Å². The number of hydrogen-bond donors (Lipinski definition) is 0. The fourth-order valence-electron chi connectivity index (χ4n) is 2.33. The lowest BCUT2D eigenvalue weighted by Crippen LogP contribution is -1.98. The quantitative estimate of drug-likeness (QED) is 0.644. The summed E-state index contributed by atoms with van der Waals surface area (Å²) in [5.41, 5.74) is 2.02. The summed E-state index contributed by atoms with van der Waals surface area (Å²) in [5, 5.41) is 1.07. The van der Waals surface area contributed by atoms with Gasteiger partial charge in [0, 0.05) is 18.0 Å². The van der Waals surface area contributed by atoms with Gasteiger partial charge in [0.15, 0.2) is 0 Å². The molecule has 1 heterocycles. The predicted octanol–water partition coefficient (Wildman–Crippen LogP) is 4.61. The number of fused-ring (bicyclic) bond motifs is 1. The summed E-state index contributed by atoms with van der Waals surface area (Å²) >= 11 is 0. The van der Waals surface area contributed by atoms with Crippen molar-refractivity contribution in [2.45, 2.75) is 20.0 Å². The van der Waals surface area contributed by atoms with Crippen LogP contribution in [0.1, 0.15) is 18.9 Å². The number of ether oxygens (including phenoxy) is 2. The van der Waals surface area contributed by atoms with Crippen LogP contribution >= 0.6 is 0 Å². The van der Waals surface area contributed by atoms with Gasteiger partial charge in [-0.1, -0.05) is 31.0 Å². The Morgan fingerprint density at radius 2 is 1.83 bits per heavy atom. The average Bonchev–Trinajstić information content (AvgIpc) is 2.64. The van der Waals surface area contributed by atoms with E-state index in [1.807, 2.05) is 61.5 Å². The van der Waals surface area contributed by atoms with Crippen LogP contribution in [0.4, 0.5) is 0 Å². The van der Waals surface area contributed by atoms with Crippen molar-refractivity contribution in [2.24, 2.45) is 0 Å². The van der Waals surface area contributed by atoms with Gasteiger partial charge in [-0.25, -0.2) is 0 Å². The van der Waals surface area contributed by atoms with Crippen LogP contribution in [0.3, 0.4) is 0 Å². The van der Waals surface area contributed by atoms with Gasteiger partial charge in [-0.05, 0) is 42.0 Å². The summed E-state index contributed by atoms with van der Waals surface area (Å²) in [4.78, 5) is 4.31. The Morgan fingerprint density at radius 3 is 2.75 bits per heavy atom. The van der Waals surface area contributed by atoms with Gasteiger partial charge in [-0.15, -0.1) is 5.92 Å². The number of nitrogens with zero attached hydrogens (tertiary/aromatic N) is 1. The molecule has 3 nitrogen and oxygen atoms in total. The highest BCUT2D eigenvalue weighted by molar-refractivity contribution is 5.79. The first-order valence-corrected chi connectivity index (χ1v) is 8.00. The Labute approximate surface area is 142 Å². The standard InChI is InChI=1S/C21H19NO2/c1-2-3-4-13-23-19-9-5-7-17(14-19)16-24-20-10-11-21-18(15-20)8-6-12-22-21/h5-12,14-15H,2,13,16H2,1H3. The number of benzene rings is 2. The molecule has 0 bridgehead atoms. The summed E-state index contributed by atoms with van der Waals surface area (Å²) in [7, 11) is 0. The van der Waals surface area contributed by atoms with Gasteiger partial charge in [-0.3, -0.25) is 4.98 Å². The van der Waals surface area contributed by atoms with E-state index in [0.29, 0.717) is 13.2 Å². The molecule has 0 spiro atoms. The summed E-state index contributed by atoms with van der Waals surface area (Å²) in [6.07, 6.45) is 2.64. The molecule has 0 atom stereocenters. The summed E-state index contributed by atoms with van der Waals surface area (Å²) in [5.74, 6) is 7.60. The zero-order valence-corrected chi connectivity index (χ0v) is 13.7. The molecule has 3 rings (SSSR count). The topological polar surface area (TPSA) is 31.4 Å². The minimum absolute atomic E-state index is 0.413. The lowest BCUT2D eigenvalue weighted by Gasteiger charge is -2.09. The molecule has 0 radical (unpaired) electrons. The largest absolute Gasteiger partial charge is 0.489 e. The van der Waals surface area contributed by atoms with Crippen LogP contribution in [0, 0.1) is 11.8 Å². The first kappa shape index (κ1) is 15.9. The zero-order chi connectivity index (χ0) is 16.6. The van der Waals surface area contributed by atoms with Crippen molar-refractivity contribution in [1.82, 2.24) is 4.98 Å². The van der Waals surface area contributed by atoms with E-state index in [1.54, 1.807) is 6.20 Å². The average molecular weight is 317 g/mol. The van der Waals surface area contributed by atoms with Crippen LogP contribution < -0.4 is 9.47 Å². The Bertz CT molecular complexity index is 877. The van der Waals surface area contributed by atoms with Crippen LogP contribution in [-0.4, -0.2) is 11.6 Å². The molecule has 0 aliphatic rings. The highest BCUT2D eigenvalue weighted by atomic mass is 16.5. The first-order valence-electron chi connectivity index (χ1n) is 8.00. The monoisotopic (exact) mass is 317 g/mol. The molecule has 2 aromatic carbocycles. The van der Waals surface area contributed by atoms with E-state index in [9.17, 15) is 0 Å². The van der Waals surface area contributed by atoms with E-state index < -0.39 is 0 Å². The maximum absolute atomic E-state index is 5.89. The van der Waals surface area contributed by atoms with Gasteiger partial charge in [0.25, 0.3) is 0 Å². The van der Waals surface area contributed by atoms with Crippen molar-refractivity contribution in [1.29, 1.82) is 0 Å². The third-order valence-electron chi connectivity index (χ3n) is 3.49. The van der Waals surface area contributed by atoms with Crippen molar-refractivity contribution in [2.75, 3.05) is 6.61 Å². The van der Waals surface area contributed by atoms with Crippen LogP contribution in [0.15, 0.2) is 60.8 Å². The zero-order valence-electron chi connectivity index (χ0n) is 13.7. The van der Waals surface area contributed by atoms with Gasteiger partial charge < -0.3 is 9.47 Å². The Kier molecular flexibility index (Phi) is 5.32. The molecule has 3 heteroatoms. The van der Waals surface area contributed by atoms with Crippen molar-refractivity contribution in [3.8, 4) is 23.3 Å². The molecule has 0 aliphatic carbocycles. The maximum Gasteiger partial charge on any atom is 0.149 e. The first-order chi connectivity index (χ1) is 11.8. The number of pyridine rings is 1. The molecule has 0 unspecified atom stereocenters. The molecular formula is C21H19NO2. The second-order valence-corrected chi connectivity index (χ2v) is 5.29. The summed E-state index contributed by atoms with van der Waals surface area (Å²) in [6.45, 7) is 2.92. The molecule has 24 heavy (non-hydrogen) atoms. The molecule has 3 aromatic rings. The van der Waals surface area contributed by atoms with E-state index in [2.05, 4.69) is 16.8 Å². The molecular weight excluding hydrogens is 298 g/mol. The van der Waals surface area contributed by atoms with E-state index in [4.69, 9.17) is 9.47 Å². The van der Waals surface area contributed by atoms with Gasteiger partial charge in [-0.2, -0.15) is 0 Å². The van der Waals surface area contributed by atoms with E-state index in [1.165, 1.54) is 0 Å². The van der Waals surface area contributed by atoms with Crippen LogP contribution in [0.25, 0.3) is 10.9 Å². The molecule has 0 aliphatic heterocycles. The molecule has 0 saturated heterocycles. The SMILES string of the molecule is CCC#CCOc1cccc(COc2ccc3ncccc3c2)c1. The molecule has 120 valence electrons. The van der Waals surface area contributed by atoms with Gasteiger partial charge in [0.05, 0.1) is 5.52 Å². The fraction of sp³-hybridized carbons (Fsp3) is 0.190. The molecule has 0 fully saturated rings. The number of aromatic nitrogens is 1. The normalized spacial score (nSPS) is 10.0. The summed E-state index contributed by atoms with van der Waals surface area (Å²) < 4.78 is 11.5. The predicted molar refractivity (Wildman–Crippen MR) is 96.1 cm³/mol. The highest BCUT2D eigenvalue weighted by Crippen LogP contribution is 2.21. The maximum atomic E-state index is 5.89. The molecule has 0 saturated carbocycles. The molecule has 0 amide bonds. The lowest BCUT2D eigenvalue weighted by molar-refractivity contribution is 0.305. The second kappa shape index (κ2) is 8.03. The minimum Gasteiger partial charge on any atom is -0.489 e. The third-order valence-corrected chi connectivity index (χ3v) is 3.49. The van der Waals surface area contributed by atoms with Crippen molar-refractivity contribution in [3.63, 3.8) is 0 Å². The summed E-state index contributed by atoms with van der Waals surface area (Å²) in [6, 6.07) is 17.8. The number of hydrogen-bond acceptors (Lipinski definition) is 3. The fourth-order valence-corrected chi connectivity index (χ4v) is 2.33. The number of rotatable bonds is 5. The van der Waals surface area contributed by atoms with Gasteiger partial charge in [0.2, 0.25) is 0 Å². The molecule has 0 N–H and O–H groups in total. The Balaban J connectivity index is 1.63. The van der Waals surface area contributed by atoms with Crippen LogP contribution in [-0.2, 0) is 6.61 Å². The highest BCUT2D eigenvalue weighted by Gasteiger charge is 2.01. The third kappa shape index (κ3) is 4.27.